The van der Waals surface area contributed by atoms with Crippen LogP contribution in [0, 0.1) is 0 Å². The third-order valence-electron chi connectivity index (χ3n) is 10.8. The molecule has 0 aromatic heterocycles. The lowest BCUT2D eigenvalue weighted by molar-refractivity contribution is -0.438. The van der Waals surface area contributed by atoms with Crippen LogP contribution in [0.25, 0.3) is 0 Å². The first-order chi connectivity index (χ1) is 23.6. The van der Waals surface area contributed by atoms with Gasteiger partial charge in [-0.05, 0) is 87.6 Å². The van der Waals surface area contributed by atoms with Crippen LogP contribution in [0.3, 0.4) is 0 Å². The van der Waals surface area contributed by atoms with Crippen molar-refractivity contribution >= 4 is 34.6 Å². The molecule has 2 aromatic rings. The van der Waals surface area contributed by atoms with Gasteiger partial charge in [-0.1, -0.05) is 101 Å². The molecule has 2 heterocycles. The van der Waals surface area contributed by atoms with Crippen molar-refractivity contribution in [3.63, 3.8) is 0 Å². The molecule has 0 bridgehead atoms. The Balaban J connectivity index is 1.37. The average Bonchev–Trinajstić information content (AvgIpc) is 3.44. The fraction of sp³-hybridized carbons (Fsp3) is 0.500. The van der Waals surface area contributed by atoms with Gasteiger partial charge in [0.1, 0.15) is 6.54 Å². The first kappa shape index (κ1) is 36.9. The maximum absolute atomic E-state index is 12.2. The second-order valence-corrected chi connectivity index (χ2v) is 15.5. The second-order valence-electron chi connectivity index (χ2n) is 15.1. The number of fused-ring (bicyclic) bond motifs is 2. The van der Waals surface area contributed by atoms with Crippen molar-refractivity contribution in [1.82, 2.24) is 5.32 Å². The summed E-state index contributed by atoms with van der Waals surface area (Å²) in [5.74, 6) is 0.185. The van der Waals surface area contributed by atoms with Gasteiger partial charge in [0, 0.05) is 65.5 Å². The van der Waals surface area contributed by atoms with Gasteiger partial charge in [0.2, 0.25) is 11.6 Å². The molecule has 0 saturated carbocycles. The Hall–Kier alpha value is -3.37. The molecule has 2 aliphatic heterocycles. The Labute approximate surface area is 301 Å². The van der Waals surface area contributed by atoms with Gasteiger partial charge in [-0.25, -0.2) is 0 Å². The molecule has 0 spiro atoms. The number of rotatable bonds is 15. The molecular formula is C44H59ClN3O+. The number of nitrogens with zero attached hydrogens (tertiary/aromatic N) is 2. The Bertz CT molecular complexity index is 1650. The zero-order chi connectivity index (χ0) is 35.0. The molecule has 0 radical (unpaired) electrons. The largest absolute Gasteiger partial charge is 0.356 e. The maximum atomic E-state index is 12.2. The number of hydrogen-bond donors (Lipinski definition) is 1. The van der Waals surface area contributed by atoms with E-state index in [0.717, 1.165) is 76.0 Å². The minimum absolute atomic E-state index is 0.0564. The second kappa shape index (κ2) is 16.6. The molecule has 4 nitrogen and oxygen atoms in total. The number of nitrogens with one attached hydrogen (secondary N) is 1. The Kier molecular flexibility index (Phi) is 12.5. The highest BCUT2D eigenvalue weighted by molar-refractivity contribution is 6.32. The lowest BCUT2D eigenvalue weighted by atomic mass is 9.81. The van der Waals surface area contributed by atoms with Crippen LogP contribution in [-0.4, -0.2) is 35.8 Å². The Morgan fingerprint density at radius 3 is 2.37 bits per heavy atom. The molecule has 0 saturated heterocycles. The molecule has 262 valence electrons. The van der Waals surface area contributed by atoms with Crippen LogP contribution < -0.4 is 10.2 Å². The molecule has 49 heavy (non-hydrogen) atoms. The molecule has 1 aliphatic carbocycles. The fourth-order valence-electron chi connectivity index (χ4n) is 7.87. The Morgan fingerprint density at radius 1 is 0.857 bits per heavy atom. The van der Waals surface area contributed by atoms with Crippen LogP contribution >= 0.6 is 11.6 Å². The highest BCUT2D eigenvalue weighted by Gasteiger charge is 2.44. The standard InChI is InChI=1S/C44H58ClN3O/c1-7-9-30-46-41(49)25-12-11-17-32-48-38-24-16-14-22-36(38)44(5,6)40(48)29-27-34-20-18-19-33(42(34)45)26-28-39-43(3,4)35-21-13-15-23-37(35)47(39)31-10-8-2/h13-16,21-24,26-29H,7-12,17-20,25,30-32H2,1-6H3/p+1. The normalized spacial score (nSPS) is 19.8. The van der Waals surface area contributed by atoms with E-state index in [-0.39, 0.29) is 16.7 Å². The number of amides is 1. The van der Waals surface area contributed by atoms with E-state index in [4.69, 9.17) is 11.6 Å². The van der Waals surface area contributed by atoms with Gasteiger partial charge in [0.25, 0.3) is 0 Å². The van der Waals surface area contributed by atoms with Crippen LogP contribution in [0.5, 0.6) is 0 Å². The number of unbranched alkanes of at least 4 members (excludes halogenated alkanes) is 4. The van der Waals surface area contributed by atoms with Crippen LogP contribution in [0.2, 0.25) is 0 Å². The zero-order valence-corrected chi connectivity index (χ0v) is 31.8. The number of benzene rings is 2. The molecule has 5 rings (SSSR count). The predicted octanol–water partition coefficient (Wildman–Crippen LogP) is 11.2. The minimum atomic E-state index is -0.109. The lowest BCUT2D eigenvalue weighted by Crippen LogP contribution is -2.28. The van der Waals surface area contributed by atoms with Crippen molar-refractivity contribution in [2.24, 2.45) is 0 Å². The summed E-state index contributed by atoms with van der Waals surface area (Å²) in [5, 5.41) is 3.96. The van der Waals surface area contributed by atoms with Crippen LogP contribution in [0.4, 0.5) is 11.4 Å². The molecule has 0 atom stereocenters. The molecule has 2 aromatic carbocycles. The molecule has 3 aliphatic rings. The summed E-state index contributed by atoms with van der Waals surface area (Å²) in [6, 6.07) is 17.7. The Morgan fingerprint density at radius 2 is 1.59 bits per heavy atom. The molecule has 5 heteroatoms. The molecule has 0 unspecified atom stereocenters. The fourth-order valence-corrected chi connectivity index (χ4v) is 8.19. The maximum Gasteiger partial charge on any atom is 0.219 e. The summed E-state index contributed by atoms with van der Waals surface area (Å²) in [6.07, 6.45) is 20.5. The highest BCUT2D eigenvalue weighted by atomic mass is 35.5. The van der Waals surface area contributed by atoms with E-state index in [1.165, 1.54) is 57.9 Å². The third-order valence-corrected chi connectivity index (χ3v) is 11.3. The van der Waals surface area contributed by atoms with Gasteiger partial charge in [0.15, 0.2) is 5.71 Å². The summed E-state index contributed by atoms with van der Waals surface area (Å²) in [6.45, 7) is 16.6. The van der Waals surface area contributed by atoms with E-state index in [2.05, 4.69) is 129 Å². The summed E-state index contributed by atoms with van der Waals surface area (Å²) in [5.41, 5.74) is 10.4. The van der Waals surface area contributed by atoms with E-state index in [0.29, 0.717) is 6.42 Å². The average molecular weight is 681 g/mol. The van der Waals surface area contributed by atoms with Gasteiger partial charge in [-0.3, -0.25) is 4.79 Å². The monoisotopic (exact) mass is 680 g/mol. The van der Waals surface area contributed by atoms with Gasteiger partial charge < -0.3 is 10.2 Å². The lowest BCUT2D eigenvalue weighted by Gasteiger charge is -2.27. The number of allylic oxidation sites excluding steroid dienone is 8. The molecule has 1 N–H and O–H groups in total. The van der Waals surface area contributed by atoms with Crippen molar-refractivity contribution in [2.75, 3.05) is 24.5 Å². The minimum Gasteiger partial charge on any atom is -0.356 e. The van der Waals surface area contributed by atoms with Crippen molar-refractivity contribution in [3.8, 4) is 0 Å². The van der Waals surface area contributed by atoms with Gasteiger partial charge in [-0.2, -0.15) is 4.58 Å². The number of anilines is 1. The number of hydrogen-bond acceptors (Lipinski definition) is 2. The third kappa shape index (κ3) is 8.17. The number of para-hydroxylation sites is 2. The first-order valence-corrected chi connectivity index (χ1v) is 19.4. The van der Waals surface area contributed by atoms with Crippen molar-refractivity contribution in [3.05, 3.63) is 106 Å². The number of halogens is 1. The topological polar surface area (TPSA) is 35.4 Å². The molecule has 1 amide bonds. The van der Waals surface area contributed by atoms with Crippen molar-refractivity contribution in [2.45, 2.75) is 123 Å². The number of carbonyl (C=O) groups excluding carboxylic acids is 1. The first-order valence-electron chi connectivity index (χ1n) is 19.0. The van der Waals surface area contributed by atoms with E-state index >= 15 is 0 Å². The van der Waals surface area contributed by atoms with Gasteiger partial charge in [-0.15, -0.1) is 0 Å². The SMILES string of the molecule is CCCCNC(=O)CCCCC[N+]1=C(/C=C/C2=C(Cl)C(=C/C=C3/N(CCCC)c4ccccc4C3(C)C)/CCC2)C(C)(C)c2ccccc21. The zero-order valence-electron chi connectivity index (χ0n) is 31.0. The molecular weight excluding hydrogens is 622 g/mol. The smallest absolute Gasteiger partial charge is 0.219 e. The van der Waals surface area contributed by atoms with E-state index in [1.54, 1.807) is 0 Å². The van der Waals surface area contributed by atoms with Crippen molar-refractivity contribution < 1.29 is 9.37 Å². The predicted molar refractivity (Wildman–Crippen MR) is 209 cm³/mol. The van der Waals surface area contributed by atoms with Gasteiger partial charge in [0.05, 0.1) is 5.41 Å². The summed E-state index contributed by atoms with van der Waals surface area (Å²) < 4.78 is 2.51. The van der Waals surface area contributed by atoms with Crippen LogP contribution in [0.15, 0.2) is 94.7 Å². The quantitative estimate of drug-likeness (QED) is 0.150. The number of carbonyl (C=O) groups is 1. The summed E-state index contributed by atoms with van der Waals surface area (Å²) >= 11 is 7.24. The molecule has 0 fully saturated rings. The van der Waals surface area contributed by atoms with Crippen LogP contribution in [-0.2, 0) is 15.6 Å². The van der Waals surface area contributed by atoms with Crippen LogP contribution in [0.1, 0.15) is 123 Å². The van der Waals surface area contributed by atoms with Crippen molar-refractivity contribution in [1.29, 1.82) is 0 Å². The van der Waals surface area contributed by atoms with E-state index < -0.39 is 0 Å². The summed E-state index contributed by atoms with van der Waals surface area (Å²) in [4.78, 5) is 14.7. The van der Waals surface area contributed by atoms with E-state index in [9.17, 15) is 4.79 Å². The van der Waals surface area contributed by atoms with E-state index in [1.807, 2.05) is 0 Å². The summed E-state index contributed by atoms with van der Waals surface area (Å²) in [7, 11) is 0. The van der Waals surface area contributed by atoms with Gasteiger partial charge >= 0.3 is 0 Å². The highest BCUT2D eigenvalue weighted by Crippen LogP contribution is 2.48.